The average Bonchev–Trinajstić information content (AvgIpc) is 2.03. The van der Waals surface area contributed by atoms with Crippen molar-refractivity contribution in [3.63, 3.8) is 0 Å². The molecular formula is C13H31O2P2Pd-. The van der Waals surface area contributed by atoms with E-state index in [1.54, 1.807) is 0 Å². The first kappa shape index (κ1) is 31.6. The minimum atomic E-state index is -0.648. The Morgan fingerprint density at radius 2 is 1.28 bits per heavy atom. The smallest absolute Gasteiger partial charge is 0.0431 e. The fourth-order valence-electron chi connectivity index (χ4n) is 1.61. The van der Waals surface area contributed by atoms with Crippen molar-refractivity contribution in [2.75, 3.05) is 0 Å². The van der Waals surface area contributed by atoms with Gasteiger partial charge in [0.05, 0.1) is 0 Å². The van der Waals surface area contributed by atoms with Gasteiger partial charge in [0.2, 0.25) is 0 Å². The molecule has 116 valence electrons. The van der Waals surface area contributed by atoms with Gasteiger partial charge in [-0.05, 0) is 17.3 Å². The molecule has 0 spiro atoms. The van der Waals surface area contributed by atoms with Gasteiger partial charge in [-0.25, -0.2) is 0 Å². The summed E-state index contributed by atoms with van der Waals surface area (Å²) >= 11 is 0. The summed E-state index contributed by atoms with van der Waals surface area (Å²) in [6.45, 7) is 21.0. The summed E-state index contributed by atoms with van der Waals surface area (Å²) in [6, 6.07) is 0. The molecule has 0 heterocycles. The predicted molar refractivity (Wildman–Crippen MR) is 84.6 cm³/mol. The molecule has 3 atom stereocenters. The van der Waals surface area contributed by atoms with Crippen LogP contribution in [0.2, 0.25) is 0 Å². The SMILES string of the molecule is P.P.[C-]#[O+].[CH2-]C[C@](O)(CC(C)(C)C)C(C)(C)C.[Pd]. The van der Waals surface area contributed by atoms with Gasteiger partial charge >= 0.3 is 11.3 Å². The first-order chi connectivity index (χ1) is 6.52. The molecule has 2 unspecified atom stereocenters. The van der Waals surface area contributed by atoms with E-state index in [0.717, 1.165) is 6.42 Å². The van der Waals surface area contributed by atoms with E-state index in [1.807, 2.05) is 0 Å². The zero-order chi connectivity index (χ0) is 12.9. The van der Waals surface area contributed by atoms with Gasteiger partial charge < -0.3 is 12.0 Å². The average molecular weight is 388 g/mol. The molecule has 0 saturated heterocycles. The number of rotatable bonds is 2. The van der Waals surface area contributed by atoms with Crippen LogP contribution in [0.3, 0.4) is 0 Å². The Kier molecular flexibility index (Phi) is 21.0. The van der Waals surface area contributed by atoms with Crippen molar-refractivity contribution < 1.29 is 30.2 Å². The maximum absolute atomic E-state index is 10.4. The van der Waals surface area contributed by atoms with Gasteiger partial charge in [0.1, 0.15) is 0 Å². The minimum Gasteiger partial charge on any atom is -0.392 e. The molecule has 2 nitrogen and oxygen atoms in total. The minimum absolute atomic E-state index is 0. The van der Waals surface area contributed by atoms with E-state index in [1.165, 1.54) is 0 Å². The monoisotopic (exact) mass is 387 g/mol. The van der Waals surface area contributed by atoms with Crippen molar-refractivity contribution in [2.45, 2.75) is 60.0 Å². The van der Waals surface area contributed by atoms with E-state index in [2.05, 4.69) is 55.1 Å². The van der Waals surface area contributed by atoms with Crippen LogP contribution in [-0.4, -0.2) is 10.7 Å². The summed E-state index contributed by atoms with van der Waals surface area (Å²) in [5, 5.41) is 10.4. The van der Waals surface area contributed by atoms with Crippen LogP contribution in [0.15, 0.2) is 0 Å². The Bertz CT molecular complexity index is 207. The van der Waals surface area contributed by atoms with E-state index < -0.39 is 5.60 Å². The van der Waals surface area contributed by atoms with Crippen molar-refractivity contribution in [3.05, 3.63) is 13.6 Å². The Labute approximate surface area is 134 Å². The fraction of sp³-hybridized carbons (Fsp3) is 0.846. The summed E-state index contributed by atoms with van der Waals surface area (Å²) in [5.74, 6) is 0. The molecule has 0 saturated carbocycles. The fourth-order valence-corrected chi connectivity index (χ4v) is 1.61. The summed E-state index contributed by atoms with van der Waals surface area (Å²) in [6.07, 6.45) is 1.38. The van der Waals surface area contributed by atoms with Crippen LogP contribution >= 0.6 is 19.8 Å². The molecule has 0 amide bonds. The third kappa shape index (κ3) is 12.3. The van der Waals surface area contributed by atoms with Crippen molar-refractivity contribution in [1.29, 1.82) is 0 Å². The van der Waals surface area contributed by atoms with Crippen LogP contribution in [0.5, 0.6) is 0 Å². The van der Waals surface area contributed by atoms with Crippen LogP contribution in [-0.2, 0) is 25.1 Å². The molecule has 0 aromatic carbocycles. The van der Waals surface area contributed by atoms with Crippen LogP contribution in [0.1, 0.15) is 54.4 Å². The molecule has 0 aliphatic rings. The molecule has 0 rings (SSSR count). The molecule has 1 N–H and O–H groups in total. The van der Waals surface area contributed by atoms with E-state index in [9.17, 15) is 5.11 Å². The largest absolute Gasteiger partial charge is 0.392 e. The Morgan fingerprint density at radius 3 is 1.33 bits per heavy atom. The topological polar surface area (TPSA) is 40.1 Å². The van der Waals surface area contributed by atoms with Gasteiger partial charge in [-0.3, -0.25) is 0 Å². The zero-order valence-corrected chi connectivity index (χ0v) is 17.1. The van der Waals surface area contributed by atoms with Gasteiger partial charge in [-0.2, -0.15) is 26.2 Å². The molecule has 0 fully saturated rings. The molecule has 0 aromatic rings. The molecule has 0 aromatic heterocycles. The summed E-state index contributed by atoms with van der Waals surface area (Å²) in [5.41, 5.74) is -0.590. The zero-order valence-electron chi connectivity index (χ0n) is 12.7. The summed E-state index contributed by atoms with van der Waals surface area (Å²) in [4.78, 5) is 0. The van der Waals surface area contributed by atoms with E-state index in [-0.39, 0.29) is 51.1 Å². The molecule has 0 radical (unpaired) electrons. The van der Waals surface area contributed by atoms with Gasteiger partial charge in [-0.1, -0.05) is 41.5 Å². The van der Waals surface area contributed by atoms with Crippen molar-refractivity contribution >= 4 is 19.8 Å². The van der Waals surface area contributed by atoms with Gasteiger partial charge in [0.15, 0.2) is 0 Å². The van der Waals surface area contributed by atoms with Gasteiger partial charge in [0.25, 0.3) is 0 Å². The Balaban J connectivity index is -0.000000107. The second kappa shape index (κ2) is 12.0. The molecule has 5 heteroatoms. The van der Waals surface area contributed by atoms with Gasteiger partial charge in [-0.15, -0.1) is 0 Å². The molecule has 0 aliphatic carbocycles. The van der Waals surface area contributed by atoms with Crippen molar-refractivity contribution in [2.24, 2.45) is 10.8 Å². The van der Waals surface area contributed by atoms with Crippen LogP contribution in [0.25, 0.3) is 0 Å². The van der Waals surface area contributed by atoms with Crippen LogP contribution in [0, 0.1) is 24.4 Å². The Morgan fingerprint density at radius 1 is 1.00 bits per heavy atom. The maximum atomic E-state index is 10.4. The standard InChI is InChI=1S/C12H25O.CO.2H3P.Pd/c1-8-12(13,11(5,6)7)9-10(2,3)4;1-2;;;/h13H,1,8-9H2,2-7H3;;2*1H3;/q-1;;;;/t12-;;;;/m0..../s1. The predicted octanol–water partition coefficient (Wildman–Crippen LogP) is 3.50. The molecule has 18 heavy (non-hydrogen) atoms. The number of hydrogen-bond donors (Lipinski definition) is 1. The molecule has 0 aliphatic heterocycles. The molecule has 0 bridgehead atoms. The molecular weight excluding hydrogens is 357 g/mol. The number of hydrogen-bond acceptors (Lipinski definition) is 1. The third-order valence-electron chi connectivity index (χ3n) is 2.63. The second-order valence-corrected chi connectivity index (χ2v) is 6.27. The third-order valence-corrected chi connectivity index (χ3v) is 2.63. The number of aliphatic hydroxyl groups is 1. The van der Waals surface area contributed by atoms with Crippen molar-refractivity contribution in [3.8, 4) is 0 Å². The van der Waals surface area contributed by atoms with E-state index in [4.69, 9.17) is 4.65 Å². The Hall–Kier alpha value is 1.22. The van der Waals surface area contributed by atoms with Gasteiger partial charge in [0, 0.05) is 26.0 Å². The summed E-state index contributed by atoms with van der Waals surface area (Å²) < 4.78 is 7.50. The maximum Gasteiger partial charge on any atom is 0.0431 e. The quantitative estimate of drug-likeness (QED) is 0.335. The first-order valence-corrected chi connectivity index (χ1v) is 5.24. The van der Waals surface area contributed by atoms with Crippen molar-refractivity contribution in [1.82, 2.24) is 0 Å². The van der Waals surface area contributed by atoms with Crippen LogP contribution < -0.4 is 0 Å². The van der Waals surface area contributed by atoms with E-state index >= 15 is 0 Å². The summed E-state index contributed by atoms with van der Waals surface area (Å²) in [7, 11) is 0. The normalized spacial score (nSPS) is 13.4. The van der Waals surface area contributed by atoms with E-state index in [0.29, 0.717) is 6.42 Å². The second-order valence-electron chi connectivity index (χ2n) is 6.27. The van der Waals surface area contributed by atoms with Crippen LogP contribution in [0.4, 0.5) is 0 Å². The first-order valence-electron chi connectivity index (χ1n) is 5.24.